The molecule has 1 aliphatic rings. The second-order valence-corrected chi connectivity index (χ2v) is 5.91. The molecule has 0 amide bonds. The molecule has 23 heavy (non-hydrogen) atoms. The molecule has 0 heterocycles. The monoisotopic (exact) mass is 432 g/mol. The summed E-state index contributed by atoms with van der Waals surface area (Å²) >= 11 is 0. The maximum atomic E-state index is 5.66. The van der Waals surface area contributed by atoms with Crippen LogP contribution in [-0.2, 0) is 0 Å². The lowest BCUT2D eigenvalue weighted by Crippen LogP contribution is -2.46. The summed E-state index contributed by atoms with van der Waals surface area (Å²) < 4.78 is 5.66. The number of likely N-dealkylation sites (N-methyl/N-ethyl adjacent to an activating group) is 1. The zero-order valence-corrected chi connectivity index (χ0v) is 16.6. The average Bonchev–Trinajstić information content (AvgIpc) is 3.35. The minimum Gasteiger partial charge on any atom is -0.492 e. The number of aliphatic imine (C=N–C) groups is 1. The number of nitrogens with one attached hydrogen (secondary N) is 2. The Morgan fingerprint density at radius 2 is 1.96 bits per heavy atom. The van der Waals surface area contributed by atoms with Crippen LogP contribution in [0.1, 0.15) is 12.8 Å². The molecule has 0 spiro atoms. The Morgan fingerprint density at radius 1 is 1.26 bits per heavy atom. The maximum Gasteiger partial charge on any atom is 0.191 e. The van der Waals surface area contributed by atoms with E-state index in [0.717, 1.165) is 30.7 Å². The third kappa shape index (κ3) is 7.39. The predicted molar refractivity (Wildman–Crippen MR) is 107 cm³/mol. The molecule has 130 valence electrons. The van der Waals surface area contributed by atoms with E-state index in [1.54, 1.807) is 7.05 Å². The molecule has 0 saturated heterocycles. The number of hydrogen-bond donors (Lipinski definition) is 2. The van der Waals surface area contributed by atoms with Crippen molar-refractivity contribution in [1.29, 1.82) is 0 Å². The molecule has 0 aromatic heterocycles. The van der Waals surface area contributed by atoms with Crippen LogP contribution in [0.25, 0.3) is 0 Å². The van der Waals surface area contributed by atoms with E-state index in [-0.39, 0.29) is 24.0 Å². The predicted octanol–water partition coefficient (Wildman–Crippen LogP) is 2.19. The Kier molecular flexibility index (Phi) is 9.31. The van der Waals surface area contributed by atoms with E-state index in [1.165, 1.54) is 12.8 Å². The molecule has 0 radical (unpaired) electrons. The normalized spacial score (nSPS) is 15.7. The highest BCUT2D eigenvalue weighted by Gasteiger charge is 2.32. The van der Waals surface area contributed by atoms with Gasteiger partial charge in [-0.05, 0) is 45.0 Å². The fraction of sp³-hybridized carbons (Fsp3) is 0.588. The molecular weight excluding hydrogens is 403 g/mol. The summed E-state index contributed by atoms with van der Waals surface area (Å²) in [5.41, 5.74) is 0. The zero-order chi connectivity index (χ0) is 15.8. The van der Waals surface area contributed by atoms with Crippen LogP contribution in [0.2, 0.25) is 0 Å². The van der Waals surface area contributed by atoms with E-state index in [0.29, 0.717) is 12.6 Å². The topological polar surface area (TPSA) is 48.9 Å². The van der Waals surface area contributed by atoms with Gasteiger partial charge in [-0.1, -0.05) is 18.2 Å². The largest absolute Gasteiger partial charge is 0.492 e. The highest BCUT2D eigenvalue weighted by molar-refractivity contribution is 14.0. The standard InChI is InChI=1S/C17H28N4O.HI/c1-18-17(20-13-16(21(2)3)14-9-10-14)19-11-12-22-15-7-5-4-6-8-15;/h4-8,14,16H,9-13H2,1-3H3,(H2,18,19,20);1H. The van der Waals surface area contributed by atoms with Gasteiger partial charge in [-0.25, -0.2) is 0 Å². The van der Waals surface area contributed by atoms with Crippen LogP contribution < -0.4 is 15.4 Å². The second-order valence-electron chi connectivity index (χ2n) is 5.91. The molecule has 1 aromatic carbocycles. The summed E-state index contributed by atoms with van der Waals surface area (Å²) in [5, 5.41) is 6.70. The van der Waals surface area contributed by atoms with Gasteiger partial charge < -0.3 is 20.3 Å². The van der Waals surface area contributed by atoms with Crippen molar-refractivity contribution >= 4 is 29.9 Å². The van der Waals surface area contributed by atoms with Crippen molar-refractivity contribution in [3.63, 3.8) is 0 Å². The van der Waals surface area contributed by atoms with Crippen molar-refractivity contribution in [3.05, 3.63) is 30.3 Å². The fourth-order valence-corrected chi connectivity index (χ4v) is 2.53. The lowest BCUT2D eigenvalue weighted by molar-refractivity contribution is 0.263. The first kappa shape index (κ1) is 20.0. The highest BCUT2D eigenvalue weighted by atomic mass is 127. The lowest BCUT2D eigenvalue weighted by Gasteiger charge is -2.25. The van der Waals surface area contributed by atoms with Crippen LogP contribution >= 0.6 is 24.0 Å². The quantitative estimate of drug-likeness (QED) is 0.286. The molecule has 1 unspecified atom stereocenters. The molecule has 0 aliphatic heterocycles. The van der Waals surface area contributed by atoms with Gasteiger partial charge in [0.1, 0.15) is 12.4 Å². The fourth-order valence-electron chi connectivity index (χ4n) is 2.53. The number of guanidine groups is 1. The Morgan fingerprint density at radius 3 is 2.52 bits per heavy atom. The molecule has 1 aromatic rings. The van der Waals surface area contributed by atoms with Crippen LogP contribution in [-0.4, -0.2) is 57.7 Å². The van der Waals surface area contributed by atoms with Gasteiger partial charge in [-0.2, -0.15) is 0 Å². The van der Waals surface area contributed by atoms with Gasteiger partial charge in [0.05, 0.1) is 6.54 Å². The molecular formula is C17H29IN4O. The molecule has 2 N–H and O–H groups in total. The van der Waals surface area contributed by atoms with Gasteiger partial charge in [0.2, 0.25) is 0 Å². The van der Waals surface area contributed by atoms with Gasteiger partial charge in [-0.3, -0.25) is 4.99 Å². The average molecular weight is 432 g/mol. The molecule has 1 atom stereocenters. The number of rotatable bonds is 8. The van der Waals surface area contributed by atoms with Crippen LogP contribution in [0.5, 0.6) is 5.75 Å². The molecule has 2 rings (SSSR count). The Balaban J connectivity index is 0.00000264. The summed E-state index contributed by atoms with van der Waals surface area (Å²) in [5.74, 6) is 2.57. The smallest absolute Gasteiger partial charge is 0.191 e. The second kappa shape index (κ2) is 10.7. The Labute approximate surface area is 156 Å². The molecule has 0 bridgehead atoms. The van der Waals surface area contributed by atoms with Crippen LogP contribution in [0, 0.1) is 5.92 Å². The first-order chi connectivity index (χ1) is 10.7. The van der Waals surface area contributed by atoms with Crippen LogP contribution in [0.15, 0.2) is 35.3 Å². The number of ether oxygens (including phenoxy) is 1. The summed E-state index contributed by atoms with van der Waals surface area (Å²) in [6.45, 7) is 2.27. The SMILES string of the molecule is CN=C(NCCOc1ccccc1)NCC(C1CC1)N(C)C.I. The number of para-hydroxylation sites is 1. The third-order valence-electron chi connectivity index (χ3n) is 3.94. The van der Waals surface area contributed by atoms with E-state index < -0.39 is 0 Å². The molecule has 5 nitrogen and oxygen atoms in total. The van der Waals surface area contributed by atoms with Crippen molar-refractivity contribution in [2.75, 3.05) is 40.8 Å². The first-order valence-corrected chi connectivity index (χ1v) is 7.99. The van der Waals surface area contributed by atoms with Crippen molar-refractivity contribution in [1.82, 2.24) is 15.5 Å². The van der Waals surface area contributed by atoms with Crippen molar-refractivity contribution < 1.29 is 4.74 Å². The van der Waals surface area contributed by atoms with E-state index in [4.69, 9.17) is 4.74 Å². The van der Waals surface area contributed by atoms with Gasteiger partial charge in [0.15, 0.2) is 5.96 Å². The summed E-state index contributed by atoms with van der Waals surface area (Å²) in [7, 11) is 6.10. The maximum absolute atomic E-state index is 5.66. The van der Waals surface area contributed by atoms with Crippen LogP contribution in [0.3, 0.4) is 0 Å². The number of nitrogens with zero attached hydrogens (tertiary/aromatic N) is 2. The van der Waals surface area contributed by atoms with E-state index in [2.05, 4.69) is 34.6 Å². The first-order valence-electron chi connectivity index (χ1n) is 7.99. The van der Waals surface area contributed by atoms with Crippen molar-refractivity contribution in [3.8, 4) is 5.75 Å². The summed E-state index contributed by atoms with van der Waals surface area (Å²) in [6, 6.07) is 10.4. The number of hydrogen-bond acceptors (Lipinski definition) is 3. The molecule has 1 saturated carbocycles. The minimum atomic E-state index is 0. The Bertz CT molecular complexity index is 461. The van der Waals surface area contributed by atoms with E-state index in [9.17, 15) is 0 Å². The van der Waals surface area contributed by atoms with Gasteiger partial charge >= 0.3 is 0 Å². The van der Waals surface area contributed by atoms with E-state index in [1.807, 2.05) is 30.3 Å². The lowest BCUT2D eigenvalue weighted by atomic mass is 10.1. The molecule has 6 heteroatoms. The summed E-state index contributed by atoms with van der Waals surface area (Å²) in [4.78, 5) is 6.57. The number of halogens is 1. The van der Waals surface area contributed by atoms with Gasteiger partial charge in [0.25, 0.3) is 0 Å². The summed E-state index contributed by atoms with van der Waals surface area (Å²) in [6.07, 6.45) is 2.70. The molecule has 1 fully saturated rings. The Hall–Kier alpha value is -1.02. The highest BCUT2D eigenvalue weighted by Crippen LogP contribution is 2.34. The van der Waals surface area contributed by atoms with Crippen molar-refractivity contribution in [2.24, 2.45) is 10.9 Å². The zero-order valence-electron chi connectivity index (χ0n) is 14.3. The van der Waals surface area contributed by atoms with Crippen LogP contribution in [0.4, 0.5) is 0 Å². The third-order valence-corrected chi connectivity index (χ3v) is 3.94. The minimum absolute atomic E-state index is 0. The van der Waals surface area contributed by atoms with Gasteiger partial charge in [-0.15, -0.1) is 24.0 Å². The van der Waals surface area contributed by atoms with Crippen molar-refractivity contribution in [2.45, 2.75) is 18.9 Å². The number of benzene rings is 1. The molecule has 1 aliphatic carbocycles. The van der Waals surface area contributed by atoms with E-state index >= 15 is 0 Å². The van der Waals surface area contributed by atoms with Gasteiger partial charge in [0, 0.05) is 19.6 Å².